The molecule has 0 saturated heterocycles. The predicted molar refractivity (Wildman–Crippen MR) is 116 cm³/mol. The molecule has 0 saturated carbocycles. The standard InChI is InChI=1S/C19H15BrN2O2S2/c1-24-17-13(10-11-6-2-3-7-12(11)16(17)20)18(23)22-19(26)21-14-8-4-5-9-15(14)25/h2-10,25H,1H3,(H2,21,22,23,26). The molecule has 0 bridgehead atoms. The number of anilines is 1. The normalized spacial score (nSPS) is 10.4. The molecule has 0 fully saturated rings. The summed E-state index contributed by atoms with van der Waals surface area (Å²) in [7, 11) is 1.53. The molecule has 7 heteroatoms. The summed E-state index contributed by atoms with van der Waals surface area (Å²) in [5.41, 5.74) is 1.11. The number of hydrogen-bond donors (Lipinski definition) is 3. The van der Waals surface area contributed by atoms with Crippen molar-refractivity contribution in [2.45, 2.75) is 4.90 Å². The summed E-state index contributed by atoms with van der Waals surface area (Å²) in [6.07, 6.45) is 0. The molecular formula is C19H15BrN2O2S2. The summed E-state index contributed by atoms with van der Waals surface area (Å²) in [5, 5.41) is 7.72. The van der Waals surface area contributed by atoms with Crippen LogP contribution in [0.25, 0.3) is 10.8 Å². The molecule has 3 rings (SSSR count). The van der Waals surface area contributed by atoms with Crippen molar-refractivity contribution in [3.63, 3.8) is 0 Å². The fraction of sp³-hybridized carbons (Fsp3) is 0.0526. The molecule has 26 heavy (non-hydrogen) atoms. The number of rotatable bonds is 3. The van der Waals surface area contributed by atoms with Crippen LogP contribution in [0.15, 0.2) is 64.0 Å². The smallest absolute Gasteiger partial charge is 0.261 e. The average molecular weight is 447 g/mol. The molecule has 1 amide bonds. The van der Waals surface area contributed by atoms with Gasteiger partial charge in [-0.1, -0.05) is 36.4 Å². The molecule has 0 radical (unpaired) electrons. The molecule has 0 heterocycles. The van der Waals surface area contributed by atoms with Gasteiger partial charge in [0.2, 0.25) is 0 Å². The highest BCUT2D eigenvalue weighted by Crippen LogP contribution is 2.36. The summed E-state index contributed by atoms with van der Waals surface area (Å²) in [4.78, 5) is 13.5. The van der Waals surface area contributed by atoms with E-state index in [2.05, 4.69) is 39.2 Å². The Morgan fingerprint density at radius 2 is 1.85 bits per heavy atom. The van der Waals surface area contributed by atoms with Crippen molar-refractivity contribution in [3.05, 3.63) is 64.6 Å². The van der Waals surface area contributed by atoms with Gasteiger partial charge in [0.15, 0.2) is 5.11 Å². The average Bonchev–Trinajstić information content (AvgIpc) is 2.63. The molecule has 0 atom stereocenters. The Balaban J connectivity index is 1.88. The number of para-hydroxylation sites is 1. The number of carbonyl (C=O) groups is 1. The van der Waals surface area contributed by atoms with E-state index in [0.29, 0.717) is 17.0 Å². The molecule has 0 aromatic heterocycles. The number of ether oxygens (including phenoxy) is 1. The van der Waals surface area contributed by atoms with Gasteiger partial charge in [0.1, 0.15) is 5.75 Å². The van der Waals surface area contributed by atoms with Gasteiger partial charge in [-0.25, -0.2) is 0 Å². The van der Waals surface area contributed by atoms with E-state index < -0.39 is 0 Å². The topological polar surface area (TPSA) is 50.4 Å². The van der Waals surface area contributed by atoms with E-state index in [-0.39, 0.29) is 11.0 Å². The first-order valence-corrected chi connectivity index (χ1v) is 9.31. The van der Waals surface area contributed by atoms with Crippen LogP contribution in [-0.4, -0.2) is 18.1 Å². The number of thiol groups is 1. The van der Waals surface area contributed by atoms with E-state index in [0.717, 1.165) is 20.1 Å². The van der Waals surface area contributed by atoms with Gasteiger partial charge in [-0.3, -0.25) is 10.1 Å². The van der Waals surface area contributed by atoms with Gasteiger partial charge in [0.05, 0.1) is 22.8 Å². The first-order chi connectivity index (χ1) is 12.5. The van der Waals surface area contributed by atoms with Gasteiger partial charge >= 0.3 is 0 Å². The SMILES string of the molecule is COc1c(C(=O)NC(=S)Nc2ccccc2S)cc2ccccc2c1Br. The molecule has 2 N–H and O–H groups in total. The molecule has 0 aliphatic carbocycles. The maximum atomic E-state index is 12.7. The maximum absolute atomic E-state index is 12.7. The largest absolute Gasteiger partial charge is 0.495 e. The Morgan fingerprint density at radius 3 is 2.58 bits per heavy atom. The number of halogens is 1. The summed E-state index contributed by atoms with van der Waals surface area (Å²) in [5.74, 6) is 0.0982. The minimum absolute atomic E-state index is 0.183. The van der Waals surface area contributed by atoms with E-state index in [1.807, 2.05) is 48.5 Å². The van der Waals surface area contributed by atoms with Gasteiger partial charge in [0.25, 0.3) is 5.91 Å². The number of fused-ring (bicyclic) bond motifs is 1. The van der Waals surface area contributed by atoms with Gasteiger partial charge in [-0.05, 0) is 57.1 Å². The highest BCUT2D eigenvalue weighted by Gasteiger charge is 2.19. The van der Waals surface area contributed by atoms with E-state index in [4.69, 9.17) is 17.0 Å². The molecular weight excluding hydrogens is 432 g/mol. The molecule has 3 aromatic rings. The van der Waals surface area contributed by atoms with Gasteiger partial charge in [0, 0.05) is 4.90 Å². The summed E-state index contributed by atoms with van der Waals surface area (Å²) >= 11 is 13.1. The van der Waals surface area contributed by atoms with E-state index >= 15 is 0 Å². The van der Waals surface area contributed by atoms with Gasteiger partial charge in [-0.15, -0.1) is 12.6 Å². The van der Waals surface area contributed by atoms with Crippen LogP contribution < -0.4 is 15.4 Å². The first kappa shape index (κ1) is 18.7. The van der Waals surface area contributed by atoms with Crippen LogP contribution in [0.2, 0.25) is 0 Å². The van der Waals surface area contributed by atoms with Crippen molar-refractivity contribution in [3.8, 4) is 5.75 Å². The van der Waals surface area contributed by atoms with E-state index in [1.54, 1.807) is 6.07 Å². The minimum Gasteiger partial charge on any atom is -0.495 e. The van der Waals surface area contributed by atoms with Crippen LogP contribution in [0.4, 0.5) is 5.69 Å². The second kappa shape index (κ2) is 8.07. The molecule has 0 aliphatic rings. The molecule has 4 nitrogen and oxygen atoms in total. The summed E-state index contributed by atoms with van der Waals surface area (Å²) in [6, 6.07) is 16.9. The third kappa shape index (κ3) is 3.85. The lowest BCUT2D eigenvalue weighted by atomic mass is 10.1. The summed E-state index contributed by atoms with van der Waals surface area (Å²) < 4.78 is 6.17. The van der Waals surface area contributed by atoms with Crippen LogP contribution in [0.1, 0.15) is 10.4 Å². The predicted octanol–water partition coefficient (Wildman–Crippen LogP) is 5.03. The Morgan fingerprint density at radius 1 is 1.15 bits per heavy atom. The monoisotopic (exact) mass is 446 g/mol. The number of hydrogen-bond acceptors (Lipinski definition) is 4. The van der Waals surface area contributed by atoms with Gasteiger partial charge in [-0.2, -0.15) is 0 Å². The fourth-order valence-electron chi connectivity index (χ4n) is 2.56. The molecule has 0 aliphatic heterocycles. The molecule has 132 valence electrons. The highest BCUT2D eigenvalue weighted by atomic mass is 79.9. The maximum Gasteiger partial charge on any atom is 0.261 e. The Labute approximate surface area is 170 Å². The number of nitrogens with one attached hydrogen (secondary N) is 2. The molecule has 0 spiro atoms. The van der Waals surface area contributed by atoms with Gasteiger partial charge < -0.3 is 10.1 Å². The number of benzene rings is 3. The van der Waals surface area contributed by atoms with Crippen molar-refractivity contribution in [2.75, 3.05) is 12.4 Å². The lowest BCUT2D eigenvalue weighted by Crippen LogP contribution is -2.34. The fourth-order valence-corrected chi connectivity index (χ4v) is 3.71. The second-order valence-electron chi connectivity index (χ2n) is 5.42. The lowest BCUT2D eigenvalue weighted by Gasteiger charge is -2.15. The quantitative estimate of drug-likeness (QED) is 0.390. The van der Waals surface area contributed by atoms with Crippen LogP contribution >= 0.6 is 40.8 Å². The number of carbonyl (C=O) groups excluding carboxylic acids is 1. The second-order valence-corrected chi connectivity index (χ2v) is 7.10. The van der Waals surface area contributed by atoms with E-state index in [1.165, 1.54) is 7.11 Å². The zero-order valence-corrected chi connectivity index (χ0v) is 17.0. The van der Waals surface area contributed by atoms with Crippen molar-refractivity contribution in [1.82, 2.24) is 5.32 Å². The van der Waals surface area contributed by atoms with Crippen molar-refractivity contribution in [2.24, 2.45) is 0 Å². The minimum atomic E-state index is -0.359. The van der Waals surface area contributed by atoms with Crippen LogP contribution in [0.5, 0.6) is 5.75 Å². The van der Waals surface area contributed by atoms with Crippen LogP contribution in [-0.2, 0) is 0 Å². The Hall–Kier alpha value is -2.09. The molecule has 3 aromatic carbocycles. The van der Waals surface area contributed by atoms with Crippen molar-refractivity contribution >= 4 is 68.3 Å². The Bertz CT molecular complexity index is 1010. The van der Waals surface area contributed by atoms with E-state index in [9.17, 15) is 4.79 Å². The number of amides is 1. The third-order valence-electron chi connectivity index (χ3n) is 3.77. The summed E-state index contributed by atoms with van der Waals surface area (Å²) in [6.45, 7) is 0. The number of methoxy groups -OCH3 is 1. The molecule has 0 unspecified atom stereocenters. The Kier molecular flexibility index (Phi) is 5.80. The van der Waals surface area contributed by atoms with Crippen LogP contribution in [0.3, 0.4) is 0 Å². The third-order valence-corrected chi connectivity index (χ3v) is 5.15. The van der Waals surface area contributed by atoms with Crippen molar-refractivity contribution < 1.29 is 9.53 Å². The number of thiocarbonyl (C=S) groups is 1. The van der Waals surface area contributed by atoms with Crippen LogP contribution in [0, 0.1) is 0 Å². The van der Waals surface area contributed by atoms with Crippen molar-refractivity contribution in [1.29, 1.82) is 0 Å². The zero-order valence-electron chi connectivity index (χ0n) is 13.7. The highest BCUT2D eigenvalue weighted by molar-refractivity contribution is 9.10. The lowest BCUT2D eigenvalue weighted by molar-refractivity contribution is 0.0975. The first-order valence-electron chi connectivity index (χ1n) is 7.67. The zero-order chi connectivity index (χ0) is 18.7.